The Morgan fingerprint density at radius 2 is 2.04 bits per heavy atom. The van der Waals surface area contributed by atoms with Gasteiger partial charge in [0.2, 0.25) is 5.91 Å². The SMILES string of the molecule is CCOC(=O)N1CCN(CCC(=O)Nc2sc3c(c2C#N)CCC3)CC1. The first-order valence-electron chi connectivity index (χ1n) is 9.11. The highest BCUT2D eigenvalue weighted by Crippen LogP contribution is 2.38. The summed E-state index contributed by atoms with van der Waals surface area (Å²) in [5.74, 6) is -0.0609. The van der Waals surface area contributed by atoms with Gasteiger partial charge in [0.15, 0.2) is 0 Å². The number of fused-ring (bicyclic) bond motifs is 1. The second-order valence-electron chi connectivity index (χ2n) is 6.50. The van der Waals surface area contributed by atoms with Crippen LogP contribution in [0, 0.1) is 11.3 Å². The van der Waals surface area contributed by atoms with Gasteiger partial charge in [-0.25, -0.2) is 4.79 Å². The van der Waals surface area contributed by atoms with Crippen molar-refractivity contribution in [3.8, 4) is 6.07 Å². The summed E-state index contributed by atoms with van der Waals surface area (Å²) in [6.45, 7) is 5.55. The standard InChI is InChI=1S/C18H24N4O3S/c1-2-25-18(24)22-10-8-21(9-11-22)7-6-16(23)20-17-14(12-19)13-4-3-5-15(13)26-17/h2-11H2,1H3,(H,20,23). The molecule has 1 aliphatic heterocycles. The number of aryl methyl sites for hydroxylation is 1. The zero-order chi connectivity index (χ0) is 18.5. The predicted octanol–water partition coefficient (Wildman–Crippen LogP) is 2.21. The summed E-state index contributed by atoms with van der Waals surface area (Å²) < 4.78 is 5.01. The smallest absolute Gasteiger partial charge is 0.409 e. The molecule has 2 heterocycles. The van der Waals surface area contributed by atoms with E-state index in [1.165, 1.54) is 4.88 Å². The van der Waals surface area contributed by atoms with E-state index in [0.717, 1.165) is 37.9 Å². The quantitative estimate of drug-likeness (QED) is 0.852. The second-order valence-corrected chi connectivity index (χ2v) is 7.60. The predicted molar refractivity (Wildman–Crippen MR) is 99.3 cm³/mol. The number of amides is 2. The molecule has 1 saturated heterocycles. The minimum absolute atomic E-state index is 0.0609. The van der Waals surface area contributed by atoms with E-state index < -0.39 is 0 Å². The number of carbonyl (C=O) groups is 2. The Morgan fingerprint density at radius 3 is 2.73 bits per heavy atom. The average molecular weight is 376 g/mol. The number of hydrogen-bond donors (Lipinski definition) is 1. The van der Waals surface area contributed by atoms with Crippen LogP contribution in [0.3, 0.4) is 0 Å². The van der Waals surface area contributed by atoms with E-state index in [2.05, 4.69) is 16.3 Å². The Labute approximate surface area is 157 Å². The number of thiophene rings is 1. The minimum Gasteiger partial charge on any atom is -0.450 e. The van der Waals surface area contributed by atoms with E-state index in [1.807, 2.05) is 0 Å². The molecule has 1 aromatic heterocycles. The number of nitriles is 1. The van der Waals surface area contributed by atoms with Crippen LogP contribution in [0.4, 0.5) is 9.80 Å². The average Bonchev–Trinajstić information content (AvgIpc) is 3.21. The molecule has 1 aromatic rings. The van der Waals surface area contributed by atoms with Crippen LogP contribution in [0.25, 0.3) is 0 Å². The fraction of sp³-hybridized carbons (Fsp3) is 0.611. The van der Waals surface area contributed by atoms with Crippen LogP contribution in [-0.4, -0.2) is 61.1 Å². The molecule has 2 aliphatic rings. The molecule has 2 amide bonds. The summed E-state index contributed by atoms with van der Waals surface area (Å²) in [7, 11) is 0. The highest BCUT2D eigenvalue weighted by Gasteiger charge is 2.24. The third-order valence-electron chi connectivity index (χ3n) is 4.84. The molecular formula is C18H24N4O3S. The molecule has 0 unspecified atom stereocenters. The van der Waals surface area contributed by atoms with E-state index in [1.54, 1.807) is 23.2 Å². The monoisotopic (exact) mass is 376 g/mol. The molecule has 0 atom stereocenters. The zero-order valence-electron chi connectivity index (χ0n) is 15.0. The molecule has 26 heavy (non-hydrogen) atoms. The van der Waals surface area contributed by atoms with Gasteiger partial charge in [0.05, 0.1) is 12.2 Å². The highest BCUT2D eigenvalue weighted by atomic mass is 32.1. The van der Waals surface area contributed by atoms with Crippen molar-refractivity contribution in [2.45, 2.75) is 32.6 Å². The molecule has 140 valence electrons. The molecule has 0 bridgehead atoms. The van der Waals surface area contributed by atoms with Gasteiger partial charge in [-0.15, -0.1) is 11.3 Å². The number of hydrogen-bond acceptors (Lipinski definition) is 6. The van der Waals surface area contributed by atoms with Crippen LogP contribution in [0.1, 0.15) is 35.8 Å². The number of ether oxygens (including phenoxy) is 1. The maximum Gasteiger partial charge on any atom is 0.409 e. The van der Waals surface area contributed by atoms with Crippen molar-refractivity contribution in [3.05, 3.63) is 16.0 Å². The van der Waals surface area contributed by atoms with Gasteiger partial charge in [-0.2, -0.15) is 5.26 Å². The van der Waals surface area contributed by atoms with Crippen molar-refractivity contribution in [1.29, 1.82) is 5.26 Å². The Kier molecular flexibility index (Phi) is 6.12. The fourth-order valence-electron chi connectivity index (χ4n) is 3.43. The van der Waals surface area contributed by atoms with Crippen LogP contribution in [0.2, 0.25) is 0 Å². The Morgan fingerprint density at radius 1 is 1.27 bits per heavy atom. The van der Waals surface area contributed by atoms with Crippen LogP contribution in [-0.2, 0) is 22.4 Å². The Balaban J connectivity index is 1.44. The zero-order valence-corrected chi connectivity index (χ0v) is 15.9. The van der Waals surface area contributed by atoms with Crippen molar-refractivity contribution in [2.24, 2.45) is 0 Å². The van der Waals surface area contributed by atoms with Gasteiger partial charge >= 0.3 is 6.09 Å². The minimum atomic E-state index is -0.264. The third kappa shape index (κ3) is 4.17. The number of carbonyl (C=O) groups excluding carboxylic acids is 2. The number of piperazine rings is 1. The van der Waals surface area contributed by atoms with Crippen LogP contribution >= 0.6 is 11.3 Å². The Bertz CT molecular complexity index is 717. The topological polar surface area (TPSA) is 85.7 Å². The lowest BCUT2D eigenvalue weighted by Crippen LogP contribution is -2.49. The largest absolute Gasteiger partial charge is 0.450 e. The van der Waals surface area contributed by atoms with E-state index in [4.69, 9.17) is 4.74 Å². The van der Waals surface area contributed by atoms with Crippen molar-refractivity contribution in [3.63, 3.8) is 0 Å². The molecule has 8 heteroatoms. The van der Waals surface area contributed by atoms with E-state index in [-0.39, 0.29) is 12.0 Å². The molecule has 1 fully saturated rings. The molecule has 1 aliphatic carbocycles. The number of nitrogens with zero attached hydrogens (tertiary/aromatic N) is 3. The summed E-state index contributed by atoms with van der Waals surface area (Å²) in [5, 5.41) is 13.0. The maximum absolute atomic E-state index is 12.3. The van der Waals surface area contributed by atoms with E-state index in [9.17, 15) is 14.9 Å². The molecular weight excluding hydrogens is 352 g/mol. The lowest BCUT2D eigenvalue weighted by molar-refractivity contribution is -0.116. The normalized spacial score (nSPS) is 16.8. The number of nitrogens with one attached hydrogen (secondary N) is 1. The summed E-state index contributed by atoms with van der Waals surface area (Å²) in [5.41, 5.74) is 1.78. The van der Waals surface area contributed by atoms with Gasteiger partial charge in [0, 0.05) is 44.0 Å². The second kappa shape index (κ2) is 8.52. The van der Waals surface area contributed by atoms with Gasteiger partial charge in [-0.05, 0) is 31.7 Å². The maximum atomic E-state index is 12.3. The first-order chi connectivity index (χ1) is 12.6. The molecule has 1 N–H and O–H groups in total. The third-order valence-corrected chi connectivity index (χ3v) is 6.05. The highest BCUT2D eigenvalue weighted by molar-refractivity contribution is 7.16. The molecule has 0 radical (unpaired) electrons. The van der Waals surface area contributed by atoms with Crippen LogP contribution < -0.4 is 5.32 Å². The first kappa shape index (κ1) is 18.7. The fourth-order valence-corrected chi connectivity index (χ4v) is 4.68. The summed E-state index contributed by atoms with van der Waals surface area (Å²) >= 11 is 1.54. The molecule has 3 rings (SSSR count). The van der Waals surface area contributed by atoms with Gasteiger partial charge in [0.25, 0.3) is 0 Å². The van der Waals surface area contributed by atoms with Crippen molar-refractivity contribution < 1.29 is 14.3 Å². The summed E-state index contributed by atoms with van der Waals surface area (Å²) in [6.07, 6.45) is 3.17. The molecule has 0 saturated carbocycles. The van der Waals surface area contributed by atoms with Gasteiger partial charge in [-0.1, -0.05) is 0 Å². The van der Waals surface area contributed by atoms with Crippen molar-refractivity contribution in [1.82, 2.24) is 9.80 Å². The number of anilines is 1. The first-order valence-corrected chi connectivity index (χ1v) is 9.92. The van der Waals surface area contributed by atoms with Gasteiger partial charge < -0.3 is 15.0 Å². The van der Waals surface area contributed by atoms with Gasteiger partial charge in [-0.3, -0.25) is 9.69 Å². The molecule has 7 nitrogen and oxygen atoms in total. The summed E-state index contributed by atoms with van der Waals surface area (Å²) in [4.78, 5) is 29.1. The van der Waals surface area contributed by atoms with E-state index >= 15 is 0 Å². The van der Waals surface area contributed by atoms with E-state index in [0.29, 0.717) is 43.2 Å². The van der Waals surface area contributed by atoms with Gasteiger partial charge in [0.1, 0.15) is 11.1 Å². The number of rotatable bonds is 5. The van der Waals surface area contributed by atoms with Crippen molar-refractivity contribution in [2.75, 3.05) is 44.6 Å². The summed E-state index contributed by atoms with van der Waals surface area (Å²) in [6, 6.07) is 2.25. The lowest BCUT2D eigenvalue weighted by Gasteiger charge is -2.33. The van der Waals surface area contributed by atoms with Crippen LogP contribution in [0.15, 0.2) is 0 Å². The molecule has 0 aromatic carbocycles. The Hall–Kier alpha value is -2.11. The lowest BCUT2D eigenvalue weighted by atomic mass is 10.1. The molecule has 0 spiro atoms. The van der Waals surface area contributed by atoms with Crippen molar-refractivity contribution >= 4 is 28.3 Å². The van der Waals surface area contributed by atoms with Crippen LogP contribution in [0.5, 0.6) is 0 Å².